The molecule has 7 heteroatoms. The van der Waals surface area contributed by atoms with E-state index in [-0.39, 0.29) is 23.2 Å². The molecule has 1 aromatic carbocycles. The Bertz CT molecular complexity index is 479. The van der Waals surface area contributed by atoms with Crippen molar-refractivity contribution in [3.8, 4) is 0 Å². The van der Waals surface area contributed by atoms with Crippen LogP contribution in [0.25, 0.3) is 0 Å². The van der Waals surface area contributed by atoms with Gasteiger partial charge in [-0.05, 0) is 31.9 Å². The van der Waals surface area contributed by atoms with Crippen LogP contribution in [-0.4, -0.2) is 22.0 Å². The third-order valence-corrected chi connectivity index (χ3v) is 2.90. The molecule has 0 heterocycles. The van der Waals surface area contributed by atoms with Gasteiger partial charge in [-0.3, -0.25) is 14.9 Å². The molecule has 2 N–H and O–H groups in total. The van der Waals surface area contributed by atoms with Crippen LogP contribution in [0.15, 0.2) is 18.2 Å². The highest BCUT2D eigenvalue weighted by molar-refractivity contribution is 6.33. The summed E-state index contributed by atoms with van der Waals surface area (Å²) < 4.78 is 0. The number of hydrogen-bond donors (Lipinski definition) is 2. The van der Waals surface area contributed by atoms with E-state index in [1.165, 1.54) is 6.07 Å². The summed E-state index contributed by atoms with van der Waals surface area (Å²) in [6.07, 6.45) is 1.21. The normalized spacial score (nSPS) is 11.9. The van der Waals surface area contributed by atoms with Gasteiger partial charge in [-0.25, -0.2) is 0 Å². The lowest BCUT2D eigenvalue weighted by Crippen LogP contribution is -2.16. The van der Waals surface area contributed by atoms with E-state index in [4.69, 9.17) is 16.7 Å². The van der Waals surface area contributed by atoms with Crippen molar-refractivity contribution in [2.24, 2.45) is 0 Å². The summed E-state index contributed by atoms with van der Waals surface area (Å²) >= 11 is 5.79. The van der Waals surface area contributed by atoms with Crippen molar-refractivity contribution in [2.45, 2.75) is 32.2 Å². The second-order valence-electron chi connectivity index (χ2n) is 4.22. The van der Waals surface area contributed by atoms with Gasteiger partial charge in [0.15, 0.2) is 0 Å². The Morgan fingerprint density at radius 1 is 1.58 bits per heavy atom. The van der Waals surface area contributed by atoms with Crippen LogP contribution in [0.4, 0.5) is 11.4 Å². The molecular formula is C12H15ClN2O4. The van der Waals surface area contributed by atoms with E-state index in [0.717, 1.165) is 0 Å². The number of carboxylic acid groups (broad SMARTS) is 1. The van der Waals surface area contributed by atoms with E-state index in [0.29, 0.717) is 18.5 Å². The Morgan fingerprint density at radius 2 is 2.26 bits per heavy atom. The SMILES string of the molecule is CC(CCCC(=O)O)Nc1cccc(Cl)c1[N+](=O)[O-]. The number of nitro benzene ring substituents is 1. The molecule has 0 saturated heterocycles. The number of carbonyl (C=O) groups is 1. The predicted molar refractivity (Wildman–Crippen MR) is 72.7 cm³/mol. The van der Waals surface area contributed by atoms with E-state index < -0.39 is 10.9 Å². The van der Waals surface area contributed by atoms with Gasteiger partial charge >= 0.3 is 11.7 Å². The average Bonchev–Trinajstić information content (AvgIpc) is 2.27. The second-order valence-corrected chi connectivity index (χ2v) is 4.63. The number of halogens is 1. The fourth-order valence-electron chi connectivity index (χ4n) is 1.71. The van der Waals surface area contributed by atoms with Gasteiger partial charge < -0.3 is 10.4 Å². The quantitative estimate of drug-likeness (QED) is 0.592. The number of nitrogens with one attached hydrogen (secondary N) is 1. The highest BCUT2D eigenvalue weighted by Crippen LogP contribution is 2.32. The molecule has 0 aliphatic rings. The lowest BCUT2D eigenvalue weighted by Gasteiger charge is -2.15. The van der Waals surface area contributed by atoms with Crippen molar-refractivity contribution in [2.75, 3.05) is 5.32 Å². The number of nitrogens with zero attached hydrogens (tertiary/aromatic N) is 1. The third-order valence-electron chi connectivity index (χ3n) is 2.60. The molecule has 1 aromatic rings. The summed E-state index contributed by atoms with van der Waals surface area (Å²) in [5, 5.41) is 22.5. The van der Waals surface area contributed by atoms with Crippen LogP contribution in [-0.2, 0) is 4.79 Å². The molecule has 1 atom stereocenters. The zero-order valence-corrected chi connectivity index (χ0v) is 11.2. The lowest BCUT2D eigenvalue weighted by atomic mass is 10.1. The van der Waals surface area contributed by atoms with Gasteiger partial charge in [-0.15, -0.1) is 0 Å². The maximum absolute atomic E-state index is 10.9. The van der Waals surface area contributed by atoms with Gasteiger partial charge in [0.1, 0.15) is 10.7 Å². The summed E-state index contributed by atoms with van der Waals surface area (Å²) in [4.78, 5) is 20.8. The van der Waals surface area contributed by atoms with E-state index in [1.807, 2.05) is 6.92 Å². The maximum Gasteiger partial charge on any atom is 0.310 e. The Hall–Kier alpha value is -1.82. The number of nitro groups is 1. The number of hydrogen-bond acceptors (Lipinski definition) is 4. The zero-order valence-electron chi connectivity index (χ0n) is 10.4. The van der Waals surface area contributed by atoms with E-state index in [9.17, 15) is 14.9 Å². The van der Waals surface area contributed by atoms with Crippen LogP contribution >= 0.6 is 11.6 Å². The topological polar surface area (TPSA) is 92.5 Å². The molecule has 0 bridgehead atoms. The zero-order chi connectivity index (χ0) is 14.4. The van der Waals surface area contributed by atoms with Crippen molar-refractivity contribution in [3.05, 3.63) is 33.3 Å². The standard InChI is InChI=1S/C12H15ClN2O4/c1-8(4-2-7-11(16)17)14-10-6-3-5-9(13)12(10)15(18)19/h3,5-6,8,14H,2,4,7H2,1H3,(H,16,17). The highest BCUT2D eigenvalue weighted by Gasteiger charge is 2.19. The van der Waals surface area contributed by atoms with Gasteiger partial charge in [0, 0.05) is 12.5 Å². The van der Waals surface area contributed by atoms with E-state index in [2.05, 4.69) is 5.32 Å². The Labute approximate surface area is 115 Å². The van der Waals surface area contributed by atoms with Crippen molar-refractivity contribution >= 4 is 28.9 Å². The van der Waals surface area contributed by atoms with Crippen molar-refractivity contribution in [1.82, 2.24) is 0 Å². The number of para-hydroxylation sites is 1. The smallest absolute Gasteiger partial charge is 0.310 e. The lowest BCUT2D eigenvalue weighted by molar-refractivity contribution is -0.383. The molecule has 0 fully saturated rings. The third kappa shape index (κ3) is 4.75. The molecule has 0 saturated carbocycles. The highest BCUT2D eigenvalue weighted by atomic mass is 35.5. The van der Waals surface area contributed by atoms with Gasteiger partial charge in [0.25, 0.3) is 0 Å². The predicted octanol–water partition coefficient (Wildman–Crippen LogP) is 3.30. The summed E-state index contributed by atoms with van der Waals surface area (Å²) in [6.45, 7) is 1.84. The molecule has 6 nitrogen and oxygen atoms in total. The van der Waals surface area contributed by atoms with Gasteiger partial charge in [-0.1, -0.05) is 17.7 Å². The fraction of sp³-hybridized carbons (Fsp3) is 0.417. The molecule has 0 spiro atoms. The number of rotatable bonds is 7. The minimum absolute atomic E-state index is 0.0727. The van der Waals surface area contributed by atoms with Crippen molar-refractivity contribution < 1.29 is 14.8 Å². The van der Waals surface area contributed by atoms with Crippen molar-refractivity contribution in [1.29, 1.82) is 0 Å². The maximum atomic E-state index is 10.9. The average molecular weight is 287 g/mol. The Balaban J connectivity index is 2.68. The first-order valence-corrected chi connectivity index (χ1v) is 6.21. The molecule has 104 valence electrons. The summed E-state index contributed by atoms with van der Waals surface area (Å²) in [5.74, 6) is -0.846. The summed E-state index contributed by atoms with van der Waals surface area (Å²) in [5.41, 5.74) is 0.189. The molecule has 0 radical (unpaired) electrons. The number of anilines is 1. The molecule has 1 rings (SSSR count). The fourth-order valence-corrected chi connectivity index (χ4v) is 1.96. The van der Waals surface area contributed by atoms with Gasteiger partial charge in [0.05, 0.1) is 4.92 Å². The molecule has 19 heavy (non-hydrogen) atoms. The minimum atomic E-state index is -0.846. The van der Waals surface area contributed by atoms with Crippen LogP contribution in [0.3, 0.4) is 0 Å². The molecule has 0 aliphatic carbocycles. The van der Waals surface area contributed by atoms with Gasteiger partial charge in [-0.2, -0.15) is 0 Å². The largest absolute Gasteiger partial charge is 0.481 e. The summed E-state index contributed by atoms with van der Waals surface area (Å²) in [6, 6.07) is 4.59. The van der Waals surface area contributed by atoms with Crippen LogP contribution < -0.4 is 5.32 Å². The molecule has 0 aliphatic heterocycles. The molecule has 0 amide bonds. The van der Waals surface area contributed by atoms with Crippen LogP contribution in [0.1, 0.15) is 26.2 Å². The number of carboxylic acids is 1. The van der Waals surface area contributed by atoms with Crippen LogP contribution in [0, 0.1) is 10.1 Å². The summed E-state index contributed by atoms with van der Waals surface area (Å²) in [7, 11) is 0. The monoisotopic (exact) mass is 286 g/mol. The molecule has 0 aromatic heterocycles. The second kappa shape index (κ2) is 6.94. The Morgan fingerprint density at radius 3 is 2.84 bits per heavy atom. The van der Waals surface area contributed by atoms with Crippen molar-refractivity contribution in [3.63, 3.8) is 0 Å². The van der Waals surface area contributed by atoms with E-state index in [1.54, 1.807) is 12.1 Å². The van der Waals surface area contributed by atoms with Gasteiger partial charge in [0.2, 0.25) is 0 Å². The number of aliphatic carboxylic acids is 1. The first-order valence-electron chi connectivity index (χ1n) is 5.83. The molecule has 1 unspecified atom stereocenters. The first-order chi connectivity index (χ1) is 8.91. The number of benzene rings is 1. The first kappa shape index (κ1) is 15.2. The minimum Gasteiger partial charge on any atom is -0.481 e. The van der Waals surface area contributed by atoms with Crippen LogP contribution in [0.5, 0.6) is 0 Å². The molecular weight excluding hydrogens is 272 g/mol. The van der Waals surface area contributed by atoms with E-state index >= 15 is 0 Å². The Kier molecular flexibility index (Phi) is 5.57. The van der Waals surface area contributed by atoms with Crippen LogP contribution in [0.2, 0.25) is 5.02 Å².